The molecule has 0 aliphatic carbocycles. The van der Waals surface area contributed by atoms with Crippen molar-refractivity contribution in [3.8, 4) is 0 Å². The Bertz CT molecular complexity index is 187. The van der Waals surface area contributed by atoms with Crippen molar-refractivity contribution in [2.75, 3.05) is 0 Å². The highest BCUT2D eigenvalue weighted by Crippen LogP contribution is 1.96. The summed E-state index contributed by atoms with van der Waals surface area (Å²) in [7, 11) is 0. The molecule has 0 atom stereocenters. The van der Waals surface area contributed by atoms with Crippen LogP contribution in [0.2, 0.25) is 0 Å². The van der Waals surface area contributed by atoms with Crippen molar-refractivity contribution in [3.05, 3.63) is 23.3 Å². The van der Waals surface area contributed by atoms with Gasteiger partial charge in [-0.15, -0.1) is 0 Å². The number of hydrogen-bond donors (Lipinski definition) is 2. The summed E-state index contributed by atoms with van der Waals surface area (Å²) in [5.41, 5.74) is 1.69. The first kappa shape index (κ1) is 8.82. The molecule has 0 aromatic heterocycles. The molecule has 0 rings (SSSR count). The standard InChI is InChI=1S/C8H12N2/c1-3-8(6-10)4-7(2)5-9/h3-6,9-10H,1-2H3/b7-4-,8-3+,9-5?,10-6?. The summed E-state index contributed by atoms with van der Waals surface area (Å²) < 4.78 is 0. The van der Waals surface area contributed by atoms with Crippen LogP contribution in [-0.2, 0) is 0 Å². The van der Waals surface area contributed by atoms with Crippen LogP contribution in [0.1, 0.15) is 13.8 Å². The van der Waals surface area contributed by atoms with Crippen LogP contribution < -0.4 is 0 Å². The number of rotatable bonds is 3. The van der Waals surface area contributed by atoms with E-state index in [1.807, 2.05) is 19.9 Å². The van der Waals surface area contributed by atoms with E-state index in [0.29, 0.717) is 0 Å². The van der Waals surface area contributed by atoms with Crippen LogP contribution in [0.25, 0.3) is 0 Å². The van der Waals surface area contributed by atoms with Gasteiger partial charge in [0.25, 0.3) is 0 Å². The molecule has 0 bridgehead atoms. The van der Waals surface area contributed by atoms with Gasteiger partial charge in [-0.05, 0) is 31.1 Å². The van der Waals surface area contributed by atoms with Gasteiger partial charge in [0.2, 0.25) is 0 Å². The van der Waals surface area contributed by atoms with Crippen LogP contribution in [0, 0.1) is 10.8 Å². The van der Waals surface area contributed by atoms with Gasteiger partial charge in [0, 0.05) is 12.4 Å². The summed E-state index contributed by atoms with van der Waals surface area (Å²) in [5.74, 6) is 0. The molecule has 0 heterocycles. The highest BCUT2D eigenvalue weighted by atomic mass is 14.3. The first-order chi connectivity index (χ1) is 4.74. The highest BCUT2D eigenvalue weighted by Gasteiger charge is 1.84. The Morgan fingerprint density at radius 3 is 2.10 bits per heavy atom. The Morgan fingerprint density at radius 2 is 1.80 bits per heavy atom. The van der Waals surface area contributed by atoms with Crippen molar-refractivity contribution in [1.29, 1.82) is 10.8 Å². The van der Waals surface area contributed by atoms with Crippen molar-refractivity contribution in [2.24, 2.45) is 0 Å². The molecule has 0 unspecified atom stereocenters. The van der Waals surface area contributed by atoms with Gasteiger partial charge in [-0.3, -0.25) is 0 Å². The predicted molar refractivity (Wildman–Crippen MR) is 45.1 cm³/mol. The highest BCUT2D eigenvalue weighted by molar-refractivity contribution is 5.84. The zero-order chi connectivity index (χ0) is 7.98. The molecule has 0 aromatic carbocycles. The molecule has 54 valence electrons. The molecule has 10 heavy (non-hydrogen) atoms. The molecule has 0 aliphatic heterocycles. The second-order valence-electron chi connectivity index (χ2n) is 1.97. The molecule has 2 heteroatoms. The monoisotopic (exact) mass is 136 g/mol. The molecule has 0 aliphatic rings. The summed E-state index contributed by atoms with van der Waals surface area (Å²) in [6.45, 7) is 3.70. The minimum atomic E-state index is 0.834. The average Bonchev–Trinajstić information content (AvgIpc) is 1.99. The van der Waals surface area contributed by atoms with E-state index >= 15 is 0 Å². The lowest BCUT2D eigenvalue weighted by molar-refractivity contribution is 1.48. The van der Waals surface area contributed by atoms with E-state index < -0.39 is 0 Å². The lowest BCUT2D eigenvalue weighted by Crippen LogP contribution is -1.81. The molecule has 0 saturated heterocycles. The van der Waals surface area contributed by atoms with Gasteiger partial charge >= 0.3 is 0 Å². The summed E-state index contributed by atoms with van der Waals surface area (Å²) >= 11 is 0. The van der Waals surface area contributed by atoms with E-state index in [4.69, 9.17) is 10.8 Å². The summed E-state index contributed by atoms with van der Waals surface area (Å²) in [6.07, 6.45) is 6.17. The Labute approximate surface area is 61.3 Å². The number of nitrogens with one attached hydrogen (secondary N) is 2. The second-order valence-corrected chi connectivity index (χ2v) is 1.97. The van der Waals surface area contributed by atoms with Crippen molar-refractivity contribution in [3.63, 3.8) is 0 Å². The lowest BCUT2D eigenvalue weighted by atomic mass is 10.2. The fourth-order valence-corrected chi connectivity index (χ4v) is 0.513. The number of allylic oxidation sites excluding steroid dienone is 4. The molecule has 0 fully saturated rings. The van der Waals surface area contributed by atoms with Gasteiger partial charge in [0.15, 0.2) is 0 Å². The van der Waals surface area contributed by atoms with E-state index in [-0.39, 0.29) is 0 Å². The Kier molecular flexibility index (Phi) is 4.12. The normalized spacial score (nSPS) is 13.0. The largest absolute Gasteiger partial charge is 0.308 e. The Hall–Kier alpha value is -1.18. The molecular weight excluding hydrogens is 124 g/mol. The van der Waals surface area contributed by atoms with Gasteiger partial charge in [0.1, 0.15) is 0 Å². The third-order valence-electron chi connectivity index (χ3n) is 1.12. The van der Waals surface area contributed by atoms with Crippen molar-refractivity contribution in [1.82, 2.24) is 0 Å². The second kappa shape index (κ2) is 4.68. The van der Waals surface area contributed by atoms with Crippen LogP contribution in [0.3, 0.4) is 0 Å². The third kappa shape index (κ3) is 2.97. The molecule has 2 nitrogen and oxygen atoms in total. The maximum Gasteiger partial charge on any atom is 0.0247 e. The Morgan fingerprint density at radius 1 is 1.20 bits per heavy atom. The summed E-state index contributed by atoms with van der Waals surface area (Å²) in [4.78, 5) is 0. The molecule has 2 N–H and O–H groups in total. The van der Waals surface area contributed by atoms with Crippen LogP contribution in [0.5, 0.6) is 0 Å². The number of hydrogen-bond acceptors (Lipinski definition) is 2. The van der Waals surface area contributed by atoms with Crippen molar-refractivity contribution < 1.29 is 0 Å². The van der Waals surface area contributed by atoms with Gasteiger partial charge < -0.3 is 10.8 Å². The quantitative estimate of drug-likeness (QED) is 0.441. The molecule has 0 radical (unpaired) electrons. The Balaban J connectivity index is 4.36. The van der Waals surface area contributed by atoms with E-state index in [1.165, 1.54) is 12.4 Å². The first-order valence-corrected chi connectivity index (χ1v) is 3.10. The zero-order valence-electron chi connectivity index (χ0n) is 6.31. The van der Waals surface area contributed by atoms with Gasteiger partial charge in [-0.2, -0.15) is 0 Å². The zero-order valence-corrected chi connectivity index (χ0v) is 6.31. The fourth-order valence-electron chi connectivity index (χ4n) is 0.513. The van der Waals surface area contributed by atoms with E-state index in [0.717, 1.165) is 11.1 Å². The van der Waals surface area contributed by atoms with Crippen LogP contribution in [0.4, 0.5) is 0 Å². The van der Waals surface area contributed by atoms with Gasteiger partial charge in [-0.1, -0.05) is 6.08 Å². The predicted octanol–water partition coefficient (Wildman–Crippen LogP) is 2.18. The molecule has 0 aromatic rings. The van der Waals surface area contributed by atoms with E-state index in [9.17, 15) is 0 Å². The fraction of sp³-hybridized carbons (Fsp3) is 0.250. The maximum atomic E-state index is 6.92. The molecule has 0 amide bonds. The van der Waals surface area contributed by atoms with Gasteiger partial charge in [0.05, 0.1) is 0 Å². The summed E-state index contributed by atoms with van der Waals surface area (Å²) in [5, 5.41) is 13.8. The first-order valence-electron chi connectivity index (χ1n) is 3.10. The third-order valence-corrected chi connectivity index (χ3v) is 1.12. The van der Waals surface area contributed by atoms with E-state index in [2.05, 4.69) is 0 Å². The molecular formula is C8H12N2. The maximum absolute atomic E-state index is 6.92. The molecule has 0 saturated carbocycles. The topological polar surface area (TPSA) is 47.7 Å². The SMILES string of the molecule is C/C=C(C=N)\C=C(\C)C=N. The summed E-state index contributed by atoms with van der Waals surface area (Å²) in [6, 6.07) is 0. The van der Waals surface area contributed by atoms with Crippen LogP contribution in [-0.4, -0.2) is 12.4 Å². The van der Waals surface area contributed by atoms with Crippen molar-refractivity contribution in [2.45, 2.75) is 13.8 Å². The van der Waals surface area contributed by atoms with Crippen LogP contribution in [0.15, 0.2) is 23.3 Å². The lowest BCUT2D eigenvalue weighted by Gasteiger charge is -1.90. The van der Waals surface area contributed by atoms with Crippen LogP contribution >= 0.6 is 0 Å². The average molecular weight is 136 g/mol. The van der Waals surface area contributed by atoms with E-state index in [1.54, 1.807) is 6.08 Å². The van der Waals surface area contributed by atoms with Gasteiger partial charge in [-0.25, -0.2) is 0 Å². The molecule has 0 spiro atoms. The smallest absolute Gasteiger partial charge is 0.0247 e. The minimum absolute atomic E-state index is 0.834. The van der Waals surface area contributed by atoms with Crippen molar-refractivity contribution >= 4 is 12.4 Å². The minimum Gasteiger partial charge on any atom is -0.308 e.